The number of hydrogen-bond donors (Lipinski definition) is 1. The first-order valence-corrected chi connectivity index (χ1v) is 9.54. The maximum absolute atomic E-state index is 10.8. The van der Waals surface area contributed by atoms with Crippen LogP contribution < -0.4 is 19.3 Å². The number of halogens is 1. The van der Waals surface area contributed by atoms with E-state index in [1.165, 1.54) is 4.90 Å². The summed E-state index contributed by atoms with van der Waals surface area (Å²) in [7, 11) is 3.32. The molecule has 1 N–H and O–H groups in total. The predicted octanol–water partition coefficient (Wildman–Crippen LogP) is 2.28. The maximum Gasteiger partial charge on any atom is 0.269 e. The molecular formula is C19H23BrN3O4+. The number of nitro groups is 1. The van der Waals surface area contributed by atoms with Crippen LogP contribution in [0.5, 0.6) is 11.5 Å². The smallest absolute Gasteiger partial charge is 0.269 e. The molecule has 2 aromatic carbocycles. The summed E-state index contributed by atoms with van der Waals surface area (Å²) in [5.41, 5.74) is 2.30. The molecule has 8 heteroatoms. The van der Waals surface area contributed by atoms with Crippen LogP contribution in [0.15, 0.2) is 40.9 Å². The van der Waals surface area contributed by atoms with Crippen LogP contribution in [0.2, 0.25) is 0 Å². The van der Waals surface area contributed by atoms with Gasteiger partial charge in [-0.25, -0.2) is 0 Å². The molecule has 0 radical (unpaired) electrons. The van der Waals surface area contributed by atoms with E-state index in [1.54, 1.807) is 26.4 Å². The summed E-state index contributed by atoms with van der Waals surface area (Å²) in [4.78, 5) is 14.2. The number of non-ortho nitro benzene ring substituents is 1. The van der Waals surface area contributed by atoms with Gasteiger partial charge in [-0.2, -0.15) is 0 Å². The molecule has 1 saturated heterocycles. The van der Waals surface area contributed by atoms with Crippen molar-refractivity contribution in [3.05, 3.63) is 56.5 Å². The summed E-state index contributed by atoms with van der Waals surface area (Å²) in [6.45, 7) is 4.67. The van der Waals surface area contributed by atoms with Crippen LogP contribution in [0.4, 0.5) is 11.4 Å². The Balaban J connectivity index is 1.63. The first kappa shape index (κ1) is 19.4. The normalized spacial score (nSPS) is 14.9. The molecule has 0 saturated carbocycles. The molecule has 1 aliphatic rings. The number of quaternary nitrogens is 1. The van der Waals surface area contributed by atoms with Gasteiger partial charge in [-0.15, -0.1) is 0 Å². The highest BCUT2D eigenvalue weighted by Gasteiger charge is 2.22. The molecule has 144 valence electrons. The second-order valence-electron chi connectivity index (χ2n) is 6.49. The topological polar surface area (TPSA) is 69.3 Å². The van der Waals surface area contributed by atoms with E-state index >= 15 is 0 Å². The predicted molar refractivity (Wildman–Crippen MR) is 107 cm³/mol. The third-order valence-corrected chi connectivity index (χ3v) is 5.51. The molecule has 0 unspecified atom stereocenters. The zero-order valence-corrected chi connectivity index (χ0v) is 17.0. The van der Waals surface area contributed by atoms with E-state index < -0.39 is 0 Å². The molecule has 7 nitrogen and oxygen atoms in total. The van der Waals surface area contributed by atoms with Gasteiger partial charge >= 0.3 is 0 Å². The summed E-state index contributed by atoms with van der Waals surface area (Å²) in [5, 5.41) is 10.8. The van der Waals surface area contributed by atoms with Crippen molar-refractivity contribution in [2.75, 3.05) is 45.3 Å². The summed E-state index contributed by atoms with van der Waals surface area (Å²) >= 11 is 3.55. The van der Waals surface area contributed by atoms with E-state index in [-0.39, 0.29) is 10.6 Å². The molecule has 0 spiro atoms. The molecule has 1 heterocycles. The van der Waals surface area contributed by atoms with E-state index in [4.69, 9.17) is 9.47 Å². The van der Waals surface area contributed by atoms with E-state index in [9.17, 15) is 10.1 Å². The zero-order chi connectivity index (χ0) is 19.4. The number of ether oxygens (including phenoxy) is 2. The van der Waals surface area contributed by atoms with Crippen LogP contribution in [-0.2, 0) is 6.54 Å². The molecule has 3 rings (SSSR count). The van der Waals surface area contributed by atoms with Gasteiger partial charge < -0.3 is 19.3 Å². The van der Waals surface area contributed by atoms with E-state index in [2.05, 4.69) is 26.9 Å². The number of benzene rings is 2. The lowest BCUT2D eigenvalue weighted by molar-refractivity contribution is -0.914. The van der Waals surface area contributed by atoms with Gasteiger partial charge in [0.05, 0.1) is 49.8 Å². The van der Waals surface area contributed by atoms with Gasteiger partial charge in [-0.05, 0) is 34.1 Å². The zero-order valence-electron chi connectivity index (χ0n) is 15.4. The second-order valence-corrected chi connectivity index (χ2v) is 7.34. The minimum Gasteiger partial charge on any atom is -0.496 e. The lowest BCUT2D eigenvalue weighted by Crippen LogP contribution is -3.13. The minimum atomic E-state index is -0.369. The Morgan fingerprint density at radius 3 is 2.30 bits per heavy atom. The Morgan fingerprint density at radius 1 is 1.11 bits per heavy atom. The van der Waals surface area contributed by atoms with Crippen LogP contribution in [0.3, 0.4) is 0 Å². The van der Waals surface area contributed by atoms with Gasteiger partial charge in [0.25, 0.3) is 5.69 Å². The summed E-state index contributed by atoms with van der Waals surface area (Å²) in [6, 6.07) is 10.8. The minimum absolute atomic E-state index is 0.125. The lowest BCUT2D eigenvalue weighted by Gasteiger charge is -2.33. The van der Waals surface area contributed by atoms with Crippen molar-refractivity contribution in [2.45, 2.75) is 6.54 Å². The van der Waals surface area contributed by atoms with Crippen LogP contribution >= 0.6 is 15.9 Å². The monoisotopic (exact) mass is 436 g/mol. The largest absolute Gasteiger partial charge is 0.496 e. The number of nitrogens with one attached hydrogen (secondary N) is 1. The quantitative estimate of drug-likeness (QED) is 0.555. The molecule has 0 atom stereocenters. The molecule has 0 amide bonds. The third-order valence-electron chi connectivity index (χ3n) is 4.89. The van der Waals surface area contributed by atoms with Gasteiger partial charge in [0.1, 0.15) is 18.0 Å². The molecule has 0 bridgehead atoms. The molecule has 27 heavy (non-hydrogen) atoms. The Bertz CT molecular complexity index is 805. The van der Waals surface area contributed by atoms with Crippen molar-refractivity contribution in [3.63, 3.8) is 0 Å². The first-order chi connectivity index (χ1) is 13.0. The number of rotatable bonds is 6. The fraction of sp³-hybridized carbons (Fsp3) is 0.368. The molecule has 0 aliphatic carbocycles. The highest BCUT2D eigenvalue weighted by atomic mass is 79.9. The summed E-state index contributed by atoms with van der Waals surface area (Å²) in [5.74, 6) is 1.59. The maximum atomic E-state index is 10.8. The average molecular weight is 437 g/mol. The van der Waals surface area contributed by atoms with Crippen LogP contribution in [0.1, 0.15) is 5.56 Å². The van der Waals surface area contributed by atoms with Crippen molar-refractivity contribution >= 4 is 27.3 Å². The third kappa shape index (κ3) is 4.51. The van der Waals surface area contributed by atoms with Gasteiger partial charge in [-0.1, -0.05) is 0 Å². The highest BCUT2D eigenvalue weighted by Crippen LogP contribution is 2.32. The Labute approximate surface area is 166 Å². The Hall–Kier alpha value is -2.32. The first-order valence-electron chi connectivity index (χ1n) is 8.75. The summed E-state index contributed by atoms with van der Waals surface area (Å²) in [6.07, 6.45) is 0. The van der Waals surface area contributed by atoms with Gasteiger partial charge in [0.2, 0.25) is 0 Å². The molecule has 1 fully saturated rings. The summed E-state index contributed by atoms with van der Waals surface area (Å²) < 4.78 is 11.8. The van der Waals surface area contributed by atoms with Crippen molar-refractivity contribution in [3.8, 4) is 11.5 Å². The molecule has 2 aromatic rings. The highest BCUT2D eigenvalue weighted by molar-refractivity contribution is 9.10. The Kier molecular flexibility index (Phi) is 6.18. The van der Waals surface area contributed by atoms with Crippen molar-refractivity contribution in [1.82, 2.24) is 0 Å². The lowest BCUT2D eigenvalue weighted by atomic mass is 10.1. The van der Waals surface area contributed by atoms with Crippen LogP contribution in [0, 0.1) is 10.1 Å². The fourth-order valence-corrected chi connectivity index (χ4v) is 3.93. The van der Waals surface area contributed by atoms with Crippen molar-refractivity contribution < 1.29 is 19.3 Å². The number of anilines is 1. The van der Waals surface area contributed by atoms with Crippen LogP contribution in [-0.4, -0.2) is 45.3 Å². The van der Waals surface area contributed by atoms with Gasteiger partial charge in [-0.3, -0.25) is 10.1 Å². The Morgan fingerprint density at radius 2 is 1.74 bits per heavy atom. The van der Waals surface area contributed by atoms with E-state index in [0.29, 0.717) is 0 Å². The number of nitrogens with zero attached hydrogens (tertiary/aromatic N) is 2. The van der Waals surface area contributed by atoms with E-state index in [1.807, 2.05) is 18.2 Å². The second kappa shape index (κ2) is 8.58. The molecular weight excluding hydrogens is 414 g/mol. The van der Waals surface area contributed by atoms with Crippen LogP contribution in [0.25, 0.3) is 0 Å². The van der Waals surface area contributed by atoms with Gasteiger partial charge in [0.15, 0.2) is 0 Å². The number of nitro benzene ring substituents is 1. The SMILES string of the molecule is COc1cc(OC)c(C[NH+]2CCN(c3ccc([N+](=O)[O-])cc3)CC2)cc1Br. The number of piperazine rings is 1. The molecule has 0 aromatic heterocycles. The fourth-order valence-electron chi connectivity index (χ4n) is 3.37. The van der Waals surface area contributed by atoms with Gasteiger partial charge in [0, 0.05) is 29.4 Å². The van der Waals surface area contributed by atoms with Crippen molar-refractivity contribution in [2.24, 2.45) is 0 Å². The van der Waals surface area contributed by atoms with Crippen molar-refractivity contribution in [1.29, 1.82) is 0 Å². The molecule has 1 aliphatic heterocycles. The standard InChI is InChI=1S/C19H22BrN3O4/c1-26-18-12-19(27-2)17(20)11-14(18)13-21-7-9-22(10-8-21)15-3-5-16(6-4-15)23(24)25/h3-6,11-12H,7-10,13H2,1-2H3/p+1. The average Bonchev–Trinajstić information content (AvgIpc) is 2.69. The number of hydrogen-bond acceptors (Lipinski definition) is 5. The number of methoxy groups -OCH3 is 2. The van der Waals surface area contributed by atoms with E-state index in [0.717, 1.165) is 59.9 Å².